The van der Waals surface area contributed by atoms with Crippen LogP contribution in [0.25, 0.3) is 0 Å². The lowest BCUT2D eigenvalue weighted by atomic mass is 10.1. The van der Waals surface area contributed by atoms with Crippen LogP contribution in [0.15, 0.2) is 23.4 Å². The third-order valence-electron chi connectivity index (χ3n) is 2.61. The van der Waals surface area contributed by atoms with Crippen LogP contribution in [-0.4, -0.2) is 32.5 Å². The van der Waals surface area contributed by atoms with E-state index in [-0.39, 0.29) is 10.9 Å². The van der Waals surface area contributed by atoms with Crippen LogP contribution < -0.4 is 10.0 Å². The second kappa shape index (κ2) is 5.07. The minimum Gasteiger partial charge on any atom is -0.315 e. The van der Waals surface area contributed by atoms with E-state index in [1.54, 1.807) is 0 Å². The first-order valence-corrected chi connectivity index (χ1v) is 6.90. The molecule has 1 aromatic heterocycles. The van der Waals surface area contributed by atoms with Crippen molar-refractivity contribution in [2.75, 3.05) is 13.1 Å². The molecule has 2 heterocycles. The van der Waals surface area contributed by atoms with E-state index in [0.29, 0.717) is 6.54 Å². The number of halogens is 1. The van der Waals surface area contributed by atoms with Gasteiger partial charge in [-0.05, 0) is 25.5 Å². The van der Waals surface area contributed by atoms with Gasteiger partial charge in [0, 0.05) is 18.8 Å². The maximum Gasteiger partial charge on any atom is 0.242 e. The summed E-state index contributed by atoms with van der Waals surface area (Å²) in [6.45, 7) is 1.50. The Labute approximate surface area is 99.5 Å². The zero-order chi connectivity index (χ0) is 12.3. The smallest absolute Gasteiger partial charge is 0.242 e. The molecular formula is C10H14FN3O2S. The molecular weight excluding hydrogens is 245 g/mol. The van der Waals surface area contributed by atoms with E-state index in [1.165, 1.54) is 0 Å². The van der Waals surface area contributed by atoms with Gasteiger partial charge in [0.05, 0.1) is 6.20 Å². The highest BCUT2D eigenvalue weighted by molar-refractivity contribution is 7.89. The van der Waals surface area contributed by atoms with Gasteiger partial charge in [-0.3, -0.25) is 4.98 Å². The topological polar surface area (TPSA) is 71.1 Å². The molecule has 0 amide bonds. The Kier molecular flexibility index (Phi) is 3.70. The molecule has 0 aliphatic carbocycles. The van der Waals surface area contributed by atoms with Crippen LogP contribution in [0.4, 0.5) is 4.39 Å². The highest BCUT2D eigenvalue weighted by Gasteiger charge is 2.22. The summed E-state index contributed by atoms with van der Waals surface area (Å²) >= 11 is 0. The average molecular weight is 259 g/mol. The van der Waals surface area contributed by atoms with Crippen molar-refractivity contribution in [2.45, 2.75) is 23.8 Å². The van der Waals surface area contributed by atoms with Gasteiger partial charge in [-0.15, -0.1) is 0 Å². The molecule has 2 N–H and O–H groups in total. The molecule has 0 unspecified atom stereocenters. The largest absolute Gasteiger partial charge is 0.315 e. The Morgan fingerprint density at radius 3 is 2.94 bits per heavy atom. The fourth-order valence-corrected chi connectivity index (χ4v) is 3.02. The molecule has 94 valence electrons. The molecule has 0 radical (unpaired) electrons. The Morgan fingerprint density at radius 1 is 1.47 bits per heavy atom. The molecule has 5 nitrogen and oxygen atoms in total. The van der Waals surface area contributed by atoms with Crippen LogP contribution in [-0.2, 0) is 10.0 Å². The molecule has 2 rings (SSSR count). The number of pyridine rings is 1. The van der Waals surface area contributed by atoms with Gasteiger partial charge in [-0.2, -0.15) is 0 Å². The summed E-state index contributed by atoms with van der Waals surface area (Å²) in [5, 5.41) is 3.10. The van der Waals surface area contributed by atoms with Crippen molar-refractivity contribution in [3.63, 3.8) is 0 Å². The molecule has 0 spiro atoms. The zero-order valence-corrected chi connectivity index (χ0v) is 10.0. The van der Waals surface area contributed by atoms with E-state index in [1.807, 2.05) is 0 Å². The molecule has 0 saturated carbocycles. The maximum atomic E-state index is 12.9. The lowest BCUT2D eigenvalue weighted by molar-refractivity contribution is 0.428. The molecule has 0 bridgehead atoms. The van der Waals surface area contributed by atoms with Gasteiger partial charge in [-0.25, -0.2) is 17.5 Å². The van der Waals surface area contributed by atoms with E-state index in [4.69, 9.17) is 0 Å². The molecule has 1 aromatic rings. The van der Waals surface area contributed by atoms with Crippen molar-refractivity contribution in [3.8, 4) is 0 Å². The standard InChI is InChI=1S/C10H14FN3O2S/c11-8-4-10(7-13-5-8)17(15,16)14-9-2-1-3-12-6-9/h4-5,7,9,12,14H,1-3,6H2/t9-/m0/s1. The first-order chi connectivity index (χ1) is 8.08. The van der Waals surface area contributed by atoms with Gasteiger partial charge in [0.2, 0.25) is 10.0 Å². The molecule has 1 atom stereocenters. The molecule has 1 saturated heterocycles. The Hall–Kier alpha value is -1.05. The number of hydrogen-bond donors (Lipinski definition) is 2. The molecule has 1 fully saturated rings. The van der Waals surface area contributed by atoms with Crippen LogP contribution in [0.3, 0.4) is 0 Å². The minimum absolute atomic E-state index is 0.136. The van der Waals surface area contributed by atoms with Crippen molar-refractivity contribution >= 4 is 10.0 Å². The first-order valence-electron chi connectivity index (χ1n) is 5.41. The van der Waals surface area contributed by atoms with Gasteiger partial charge in [-0.1, -0.05) is 0 Å². The Balaban J connectivity index is 2.13. The number of piperidine rings is 1. The summed E-state index contributed by atoms with van der Waals surface area (Å²) in [7, 11) is -3.67. The van der Waals surface area contributed by atoms with Crippen LogP contribution in [0.5, 0.6) is 0 Å². The van der Waals surface area contributed by atoms with Gasteiger partial charge in [0.15, 0.2) is 0 Å². The predicted molar refractivity (Wildman–Crippen MR) is 60.4 cm³/mol. The van der Waals surface area contributed by atoms with E-state index < -0.39 is 15.8 Å². The van der Waals surface area contributed by atoms with E-state index >= 15 is 0 Å². The SMILES string of the molecule is O=S(=O)(N[C@H]1CCCNC1)c1cncc(F)c1. The first kappa shape index (κ1) is 12.4. The van der Waals surface area contributed by atoms with E-state index in [9.17, 15) is 12.8 Å². The normalized spacial score (nSPS) is 21.4. The van der Waals surface area contributed by atoms with Crippen LogP contribution >= 0.6 is 0 Å². The molecule has 7 heteroatoms. The molecule has 1 aliphatic rings. The highest BCUT2D eigenvalue weighted by Crippen LogP contribution is 2.11. The summed E-state index contributed by atoms with van der Waals surface area (Å²) in [5.41, 5.74) is 0. The number of rotatable bonds is 3. The molecule has 0 aromatic carbocycles. The van der Waals surface area contributed by atoms with Crippen molar-refractivity contribution in [1.82, 2.24) is 15.0 Å². The fraction of sp³-hybridized carbons (Fsp3) is 0.500. The van der Waals surface area contributed by atoms with Gasteiger partial charge in [0.1, 0.15) is 10.7 Å². The molecule has 17 heavy (non-hydrogen) atoms. The summed E-state index contributed by atoms with van der Waals surface area (Å²) in [5.74, 6) is -0.658. The van der Waals surface area contributed by atoms with Crippen LogP contribution in [0, 0.1) is 5.82 Å². The second-order valence-corrected chi connectivity index (χ2v) is 5.72. The van der Waals surface area contributed by atoms with Crippen molar-refractivity contribution in [2.24, 2.45) is 0 Å². The third kappa shape index (κ3) is 3.21. The lowest BCUT2D eigenvalue weighted by Crippen LogP contribution is -2.45. The van der Waals surface area contributed by atoms with Crippen LogP contribution in [0.2, 0.25) is 0 Å². The number of hydrogen-bond acceptors (Lipinski definition) is 4. The van der Waals surface area contributed by atoms with E-state index in [0.717, 1.165) is 37.8 Å². The maximum absolute atomic E-state index is 12.9. The minimum atomic E-state index is -3.67. The van der Waals surface area contributed by atoms with Crippen molar-refractivity contribution in [1.29, 1.82) is 0 Å². The summed E-state index contributed by atoms with van der Waals surface area (Å²) < 4.78 is 39.3. The van der Waals surface area contributed by atoms with Crippen molar-refractivity contribution in [3.05, 3.63) is 24.3 Å². The fourth-order valence-electron chi connectivity index (χ4n) is 1.78. The average Bonchev–Trinajstić information content (AvgIpc) is 2.30. The molecule has 1 aliphatic heterocycles. The number of nitrogens with one attached hydrogen (secondary N) is 2. The summed E-state index contributed by atoms with van der Waals surface area (Å²) in [6.07, 6.45) is 3.83. The van der Waals surface area contributed by atoms with Gasteiger partial charge < -0.3 is 5.32 Å². The van der Waals surface area contributed by atoms with Crippen LogP contribution in [0.1, 0.15) is 12.8 Å². The quantitative estimate of drug-likeness (QED) is 0.816. The van der Waals surface area contributed by atoms with Gasteiger partial charge in [0.25, 0.3) is 0 Å². The van der Waals surface area contributed by atoms with Crippen molar-refractivity contribution < 1.29 is 12.8 Å². The zero-order valence-electron chi connectivity index (χ0n) is 9.19. The Bertz CT molecular complexity index is 486. The summed E-state index contributed by atoms with van der Waals surface area (Å²) in [4.78, 5) is 3.40. The predicted octanol–water partition coefficient (Wildman–Crippen LogP) is 0.251. The van der Waals surface area contributed by atoms with E-state index in [2.05, 4.69) is 15.0 Å². The van der Waals surface area contributed by atoms with Gasteiger partial charge >= 0.3 is 0 Å². The Morgan fingerprint density at radius 2 is 2.29 bits per heavy atom. The highest BCUT2D eigenvalue weighted by atomic mass is 32.2. The number of nitrogens with zero attached hydrogens (tertiary/aromatic N) is 1. The monoisotopic (exact) mass is 259 g/mol. The third-order valence-corrected chi connectivity index (χ3v) is 4.10. The lowest BCUT2D eigenvalue weighted by Gasteiger charge is -2.23. The second-order valence-electron chi connectivity index (χ2n) is 4.00. The number of sulfonamides is 1. The summed E-state index contributed by atoms with van der Waals surface area (Å²) in [6, 6.07) is 0.822. The number of aromatic nitrogens is 1.